The maximum atomic E-state index is 12.8. The number of benzene rings is 2. The molecule has 1 fully saturated rings. The molecule has 4 heteroatoms. The molecule has 27 heavy (non-hydrogen) atoms. The molecule has 0 spiro atoms. The summed E-state index contributed by atoms with van der Waals surface area (Å²) >= 11 is 0. The summed E-state index contributed by atoms with van der Waals surface area (Å²) in [7, 11) is 1.69. The normalized spacial score (nSPS) is 18.0. The van der Waals surface area contributed by atoms with Crippen molar-refractivity contribution in [1.82, 2.24) is 4.90 Å². The fourth-order valence-electron chi connectivity index (χ4n) is 3.82. The predicted octanol–water partition coefficient (Wildman–Crippen LogP) is 4.87. The van der Waals surface area contributed by atoms with E-state index < -0.39 is 0 Å². The van der Waals surface area contributed by atoms with Crippen molar-refractivity contribution < 1.29 is 9.53 Å². The molecular weight excluding hydrogens is 336 g/mol. The lowest BCUT2D eigenvalue weighted by atomic mass is 10.0. The molecule has 0 radical (unpaired) electrons. The summed E-state index contributed by atoms with van der Waals surface area (Å²) in [5.74, 6) is 0.927. The van der Waals surface area contributed by atoms with Crippen LogP contribution in [0.2, 0.25) is 0 Å². The topological polar surface area (TPSA) is 41.6 Å². The van der Waals surface area contributed by atoms with Crippen LogP contribution in [0.1, 0.15) is 48.4 Å². The van der Waals surface area contributed by atoms with Gasteiger partial charge in [-0.15, -0.1) is 0 Å². The van der Waals surface area contributed by atoms with Crippen LogP contribution in [0, 0.1) is 13.8 Å². The summed E-state index contributed by atoms with van der Waals surface area (Å²) < 4.78 is 5.28. The molecule has 1 aliphatic rings. The number of hydrogen-bond donors (Lipinski definition) is 1. The Bertz CT molecular complexity index is 770. The lowest BCUT2D eigenvalue weighted by molar-refractivity contribution is -0.117. The van der Waals surface area contributed by atoms with Crippen LogP contribution in [0.4, 0.5) is 5.69 Å². The number of amides is 1. The highest BCUT2D eigenvalue weighted by Gasteiger charge is 2.24. The largest absolute Gasteiger partial charge is 0.497 e. The molecule has 0 saturated carbocycles. The van der Waals surface area contributed by atoms with Gasteiger partial charge in [0.2, 0.25) is 5.91 Å². The van der Waals surface area contributed by atoms with Gasteiger partial charge in [-0.3, -0.25) is 9.69 Å². The van der Waals surface area contributed by atoms with Crippen molar-refractivity contribution in [3.8, 4) is 5.75 Å². The molecule has 0 aromatic heterocycles. The van der Waals surface area contributed by atoms with E-state index in [0.717, 1.165) is 36.4 Å². The summed E-state index contributed by atoms with van der Waals surface area (Å²) in [5, 5.41) is 3.11. The monoisotopic (exact) mass is 366 g/mol. The van der Waals surface area contributed by atoms with E-state index in [1.165, 1.54) is 24.0 Å². The van der Waals surface area contributed by atoms with Crippen LogP contribution in [0.15, 0.2) is 42.5 Å². The summed E-state index contributed by atoms with van der Waals surface area (Å²) in [5.41, 5.74) is 4.50. The molecule has 1 aliphatic heterocycles. The first-order valence-electron chi connectivity index (χ1n) is 9.82. The van der Waals surface area contributed by atoms with Gasteiger partial charge in [0.25, 0.3) is 0 Å². The molecule has 1 amide bonds. The molecule has 2 aromatic carbocycles. The Hall–Kier alpha value is -2.33. The molecule has 0 unspecified atom stereocenters. The van der Waals surface area contributed by atoms with Crippen LogP contribution in [0.5, 0.6) is 5.75 Å². The first-order valence-corrected chi connectivity index (χ1v) is 9.82. The number of methoxy groups -OCH3 is 1. The second kappa shape index (κ2) is 9.05. The number of hydrogen-bond acceptors (Lipinski definition) is 3. The summed E-state index contributed by atoms with van der Waals surface area (Å²) in [6.07, 6.45) is 4.65. The number of carbonyl (C=O) groups is 1. The van der Waals surface area contributed by atoms with Gasteiger partial charge < -0.3 is 10.1 Å². The number of carbonyl (C=O) groups excluding carboxylic acids is 1. The van der Waals surface area contributed by atoms with Crippen LogP contribution < -0.4 is 10.1 Å². The molecule has 144 valence electrons. The fraction of sp³-hybridized carbons (Fsp3) is 0.435. The minimum atomic E-state index is 0.0594. The lowest BCUT2D eigenvalue weighted by Crippen LogP contribution is -2.36. The first-order chi connectivity index (χ1) is 13.1. The number of nitrogens with one attached hydrogen (secondary N) is 1. The van der Waals surface area contributed by atoms with Gasteiger partial charge in [0.1, 0.15) is 5.75 Å². The van der Waals surface area contributed by atoms with Crippen LogP contribution >= 0.6 is 0 Å². The van der Waals surface area contributed by atoms with Crippen molar-refractivity contribution in [1.29, 1.82) is 0 Å². The first kappa shape index (κ1) is 19.4. The van der Waals surface area contributed by atoms with Gasteiger partial charge in [-0.2, -0.15) is 0 Å². The maximum absolute atomic E-state index is 12.8. The van der Waals surface area contributed by atoms with Gasteiger partial charge in [0, 0.05) is 11.7 Å². The zero-order valence-corrected chi connectivity index (χ0v) is 16.6. The zero-order valence-electron chi connectivity index (χ0n) is 16.6. The number of rotatable bonds is 5. The average molecular weight is 367 g/mol. The molecule has 1 saturated heterocycles. The third-order valence-corrected chi connectivity index (χ3v) is 5.59. The average Bonchev–Trinajstić information content (AvgIpc) is 2.91. The Kier molecular flexibility index (Phi) is 6.51. The van der Waals surface area contributed by atoms with Crippen molar-refractivity contribution in [2.24, 2.45) is 0 Å². The molecule has 0 aliphatic carbocycles. The molecule has 0 bridgehead atoms. The second-order valence-electron chi connectivity index (χ2n) is 7.40. The van der Waals surface area contributed by atoms with E-state index in [-0.39, 0.29) is 11.9 Å². The number of nitrogens with zero attached hydrogens (tertiary/aromatic N) is 1. The Morgan fingerprint density at radius 1 is 1.11 bits per heavy atom. The van der Waals surface area contributed by atoms with E-state index in [1.807, 2.05) is 24.3 Å². The van der Waals surface area contributed by atoms with Gasteiger partial charge in [-0.05, 0) is 68.1 Å². The van der Waals surface area contributed by atoms with E-state index in [0.29, 0.717) is 6.54 Å². The van der Waals surface area contributed by atoms with Gasteiger partial charge >= 0.3 is 0 Å². The standard InChI is InChI=1S/C23H30N2O2/c1-17-8-7-9-21(18(17)2)24-23(26)16-25-15-6-4-5-10-22(25)19-11-13-20(27-3)14-12-19/h7-9,11-14,22H,4-6,10,15-16H2,1-3H3,(H,24,26)/t22-/m0/s1. The van der Waals surface area contributed by atoms with E-state index in [2.05, 4.69) is 42.3 Å². The van der Waals surface area contributed by atoms with Crippen LogP contribution in [0.3, 0.4) is 0 Å². The van der Waals surface area contributed by atoms with Crippen molar-refractivity contribution in [3.05, 3.63) is 59.2 Å². The van der Waals surface area contributed by atoms with Gasteiger partial charge in [-0.1, -0.05) is 37.1 Å². The van der Waals surface area contributed by atoms with E-state index in [4.69, 9.17) is 4.74 Å². The fourth-order valence-corrected chi connectivity index (χ4v) is 3.82. The minimum Gasteiger partial charge on any atom is -0.497 e. The molecule has 3 rings (SSSR count). The quantitative estimate of drug-likeness (QED) is 0.821. The summed E-state index contributed by atoms with van der Waals surface area (Å²) in [4.78, 5) is 15.1. The number of anilines is 1. The maximum Gasteiger partial charge on any atom is 0.238 e. The SMILES string of the molecule is COc1ccc([C@@H]2CCCCCN2CC(=O)Nc2cccc(C)c2C)cc1. The molecule has 1 atom stereocenters. The molecule has 1 heterocycles. The van der Waals surface area contributed by atoms with Gasteiger partial charge in [0.05, 0.1) is 13.7 Å². The number of aryl methyl sites for hydroxylation is 1. The Morgan fingerprint density at radius 3 is 2.63 bits per heavy atom. The summed E-state index contributed by atoms with van der Waals surface area (Å²) in [6, 6.07) is 14.6. The van der Waals surface area contributed by atoms with Crippen LogP contribution in [0.25, 0.3) is 0 Å². The molecular formula is C23H30N2O2. The van der Waals surface area contributed by atoms with Gasteiger partial charge in [0.15, 0.2) is 0 Å². The third-order valence-electron chi connectivity index (χ3n) is 5.59. The van der Waals surface area contributed by atoms with E-state index >= 15 is 0 Å². The van der Waals surface area contributed by atoms with Crippen LogP contribution in [-0.2, 0) is 4.79 Å². The molecule has 4 nitrogen and oxygen atoms in total. The molecule has 1 N–H and O–H groups in total. The second-order valence-corrected chi connectivity index (χ2v) is 7.40. The lowest BCUT2D eigenvalue weighted by Gasteiger charge is -2.30. The Balaban J connectivity index is 1.73. The van der Waals surface area contributed by atoms with Crippen LogP contribution in [-0.4, -0.2) is 31.0 Å². The van der Waals surface area contributed by atoms with Crippen molar-refractivity contribution >= 4 is 11.6 Å². The van der Waals surface area contributed by atoms with E-state index in [9.17, 15) is 4.79 Å². The Morgan fingerprint density at radius 2 is 1.89 bits per heavy atom. The minimum absolute atomic E-state index is 0.0594. The van der Waals surface area contributed by atoms with Crippen molar-refractivity contribution in [2.75, 3.05) is 25.5 Å². The highest BCUT2D eigenvalue weighted by Crippen LogP contribution is 2.31. The smallest absolute Gasteiger partial charge is 0.238 e. The Labute approximate surface area is 162 Å². The van der Waals surface area contributed by atoms with E-state index in [1.54, 1.807) is 7.11 Å². The highest BCUT2D eigenvalue weighted by atomic mass is 16.5. The predicted molar refractivity (Wildman–Crippen MR) is 110 cm³/mol. The summed E-state index contributed by atoms with van der Waals surface area (Å²) in [6.45, 7) is 5.50. The van der Waals surface area contributed by atoms with Crippen molar-refractivity contribution in [3.63, 3.8) is 0 Å². The number of likely N-dealkylation sites (tertiary alicyclic amines) is 1. The molecule has 2 aromatic rings. The third kappa shape index (κ3) is 4.89. The zero-order chi connectivity index (χ0) is 19.2. The highest BCUT2D eigenvalue weighted by molar-refractivity contribution is 5.93. The van der Waals surface area contributed by atoms with Gasteiger partial charge in [-0.25, -0.2) is 0 Å². The van der Waals surface area contributed by atoms with Crippen molar-refractivity contribution in [2.45, 2.75) is 45.6 Å². The number of ether oxygens (including phenoxy) is 1.